The molecule has 1 unspecified atom stereocenters. The van der Waals surface area contributed by atoms with Crippen molar-refractivity contribution in [3.63, 3.8) is 0 Å². The predicted octanol–water partition coefficient (Wildman–Crippen LogP) is 4.67. The molecule has 3 rings (SSSR count). The Balaban J connectivity index is 1.81. The Kier molecular flexibility index (Phi) is 3.88. The third-order valence-corrected chi connectivity index (χ3v) is 4.64. The van der Waals surface area contributed by atoms with Gasteiger partial charge < -0.3 is 0 Å². The molecule has 0 radical (unpaired) electrons. The first kappa shape index (κ1) is 14.0. The van der Waals surface area contributed by atoms with Crippen LogP contribution >= 0.6 is 11.8 Å². The van der Waals surface area contributed by atoms with E-state index in [2.05, 4.69) is 36.2 Å². The lowest BCUT2D eigenvalue weighted by molar-refractivity contribution is -0.480. The van der Waals surface area contributed by atoms with Crippen LogP contribution in [-0.4, -0.2) is 16.3 Å². The van der Waals surface area contributed by atoms with Gasteiger partial charge in [0.15, 0.2) is 11.7 Å². The van der Waals surface area contributed by atoms with Gasteiger partial charge in [-0.1, -0.05) is 40.8 Å². The molecule has 1 heterocycles. The summed E-state index contributed by atoms with van der Waals surface area (Å²) in [5.74, 6) is 1.18. The van der Waals surface area contributed by atoms with E-state index in [0.717, 1.165) is 20.9 Å². The van der Waals surface area contributed by atoms with Crippen LogP contribution in [0, 0.1) is 11.8 Å². The second-order valence-electron chi connectivity index (χ2n) is 5.19. The second kappa shape index (κ2) is 5.82. The van der Waals surface area contributed by atoms with Gasteiger partial charge in [-0.25, -0.2) is 0 Å². The largest absolute Gasteiger partial charge is 0.347 e. The molecule has 1 atom stereocenters. The average Bonchev–Trinajstić information content (AvgIpc) is 2.51. The molecule has 0 spiro atoms. The maximum Gasteiger partial charge on any atom is 0.347 e. The van der Waals surface area contributed by atoms with Gasteiger partial charge in [0, 0.05) is 4.90 Å². The highest BCUT2D eigenvalue weighted by atomic mass is 32.2. The standard InChI is InChI=1S/C17H17N2OS/c1-12-7-9-14(10-8-12)21-11-17-18-16-6-4-3-5-15(16)13(2)19(17)20/h3-10,13H,11H2,1-2H3/q+1. The third kappa shape index (κ3) is 2.90. The van der Waals surface area contributed by atoms with Crippen LogP contribution in [0.15, 0.2) is 58.4 Å². The van der Waals surface area contributed by atoms with Gasteiger partial charge in [-0.3, -0.25) is 0 Å². The van der Waals surface area contributed by atoms with Crippen molar-refractivity contribution in [3.05, 3.63) is 64.6 Å². The van der Waals surface area contributed by atoms with Gasteiger partial charge in [0.2, 0.25) is 0 Å². The van der Waals surface area contributed by atoms with Crippen LogP contribution in [0.4, 0.5) is 5.69 Å². The molecule has 0 fully saturated rings. The van der Waals surface area contributed by atoms with Crippen molar-refractivity contribution >= 4 is 23.3 Å². The van der Waals surface area contributed by atoms with E-state index in [4.69, 9.17) is 0 Å². The lowest BCUT2D eigenvalue weighted by Crippen LogP contribution is -2.26. The smallest absolute Gasteiger partial charge is 0.113 e. The highest BCUT2D eigenvalue weighted by Crippen LogP contribution is 2.33. The van der Waals surface area contributed by atoms with Gasteiger partial charge in [-0.15, -0.1) is 11.8 Å². The lowest BCUT2D eigenvalue weighted by atomic mass is 10.0. The molecule has 0 bridgehead atoms. The van der Waals surface area contributed by atoms with E-state index in [9.17, 15) is 4.91 Å². The van der Waals surface area contributed by atoms with Gasteiger partial charge in [0.05, 0.1) is 5.56 Å². The number of rotatable bonds is 3. The molecule has 21 heavy (non-hydrogen) atoms. The van der Waals surface area contributed by atoms with Gasteiger partial charge in [0.1, 0.15) is 5.75 Å². The number of aliphatic imine (C=N–C) groups is 1. The molecule has 0 saturated carbocycles. The predicted molar refractivity (Wildman–Crippen MR) is 87.5 cm³/mol. The molecule has 0 amide bonds. The van der Waals surface area contributed by atoms with Crippen LogP contribution in [0.2, 0.25) is 0 Å². The van der Waals surface area contributed by atoms with E-state index < -0.39 is 0 Å². The van der Waals surface area contributed by atoms with E-state index in [1.54, 1.807) is 11.8 Å². The molecule has 1 aliphatic heterocycles. The number of amidine groups is 1. The van der Waals surface area contributed by atoms with Crippen LogP contribution < -0.4 is 0 Å². The fourth-order valence-corrected chi connectivity index (χ4v) is 3.18. The summed E-state index contributed by atoms with van der Waals surface area (Å²) in [7, 11) is 0. The number of fused-ring (bicyclic) bond motifs is 1. The van der Waals surface area contributed by atoms with Crippen LogP contribution in [0.3, 0.4) is 0 Å². The summed E-state index contributed by atoms with van der Waals surface area (Å²) >= 11 is 1.64. The minimum Gasteiger partial charge on any atom is -0.113 e. The SMILES string of the molecule is Cc1ccc(SCC2=Nc3ccccc3C(C)[N+]2=O)cc1. The minimum absolute atomic E-state index is 0.174. The number of nitroso groups, excluding NO2 is 1. The Morgan fingerprint density at radius 3 is 2.62 bits per heavy atom. The molecule has 0 saturated heterocycles. The van der Waals surface area contributed by atoms with E-state index >= 15 is 0 Å². The van der Waals surface area contributed by atoms with Gasteiger partial charge >= 0.3 is 5.84 Å². The molecule has 0 N–H and O–H groups in total. The normalized spacial score (nSPS) is 17.3. The van der Waals surface area contributed by atoms with E-state index in [1.165, 1.54) is 5.56 Å². The van der Waals surface area contributed by atoms with E-state index in [1.807, 2.05) is 31.2 Å². The summed E-state index contributed by atoms with van der Waals surface area (Å²) in [5, 5.41) is 0. The van der Waals surface area contributed by atoms with Crippen molar-refractivity contribution in [3.8, 4) is 0 Å². The van der Waals surface area contributed by atoms with Crippen molar-refractivity contribution in [2.75, 3.05) is 5.75 Å². The van der Waals surface area contributed by atoms with Gasteiger partial charge in [-0.05, 0) is 41.8 Å². The zero-order valence-corrected chi connectivity index (χ0v) is 12.9. The molecule has 0 aromatic heterocycles. The Hall–Kier alpha value is -1.94. The number of benzene rings is 2. The number of nitrogens with zero attached hydrogens (tertiary/aromatic N) is 2. The summed E-state index contributed by atoms with van der Waals surface area (Å²) in [6, 6.07) is 16.0. The molecule has 2 aromatic rings. The monoisotopic (exact) mass is 297 g/mol. The molecular formula is C17H17N2OS+. The molecular weight excluding hydrogens is 280 g/mol. The highest BCUT2D eigenvalue weighted by Gasteiger charge is 2.34. The first-order chi connectivity index (χ1) is 10.1. The highest BCUT2D eigenvalue weighted by molar-refractivity contribution is 8.00. The van der Waals surface area contributed by atoms with Crippen LogP contribution in [-0.2, 0) is 0 Å². The molecule has 2 aromatic carbocycles. The second-order valence-corrected chi connectivity index (χ2v) is 6.24. The fourth-order valence-electron chi connectivity index (χ4n) is 2.36. The zero-order chi connectivity index (χ0) is 14.8. The van der Waals surface area contributed by atoms with Crippen molar-refractivity contribution < 1.29 is 4.76 Å². The van der Waals surface area contributed by atoms with Crippen molar-refractivity contribution in [2.45, 2.75) is 24.8 Å². The number of hydrogen-bond donors (Lipinski definition) is 0. The molecule has 4 heteroatoms. The lowest BCUT2D eigenvalue weighted by Gasteiger charge is -2.13. The van der Waals surface area contributed by atoms with Crippen molar-refractivity contribution in [1.82, 2.24) is 0 Å². The summed E-state index contributed by atoms with van der Waals surface area (Å²) in [5.41, 5.74) is 3.15. The number of aryl methyl sites for hydroxylation is 1. The van der Waals surface area contributed by atoms with Crippen molar-refractivity contribution in [1.29, 1.82) is 0 Å². The number of thioether (sulfide) groups is 1. The summed E-state index contributed by atoms with van der Waals surface area (Å²) in [6.07, 6.45) is 0. The zero-order valence-electron chi connectivity index (χ0n) is 12.1. The van der Waals surface area contributed by atoms with Gasteiger partial charge in [-0.2, -0.15) is 0 Å². The quantitative estimate of drug-likeness (QED) is 0.609. The minimum atomic E-state index is -0.174. The summed E-state index contributed by atoms with van der Waals surface area (Å²) < 4.78 is 1.03. The summed E-state index contributed by atoms with van der Waals surface area (Å²) in [4.78, 5) is 18.0. The Morgan fingerprint density at radius 1 is 1.14 bits per heavy atom. The maximum atomic E-state index is 12.3. The van der Waals surface area contributed by atoms with E-state index in [-0.39, 0.29) is 6.04 Å². The molecule has 0 aliphatic carbocycles. The van der Waals surface area contributed by atoms with Crippen LogP contribution in [0.1, 0.15) is 24.1 Å². The van der Waals surface area contributed by atoms with Gasteiger partial charge in [0.25, 0.3) is 0 Å². The van der Waals surface area contributed by atoms with Crippen LogP contribution in [0.25, 0.3) is 0 Å². The van der Waals surface area contributed by atoms with E-state index in [0.29, 0.717) is 11.6 Å². The first-order valence-electron chi connectivity index (χ1n) is 6.97. The summed E-state index contributed by atoms with van der Waals surface area (Å²) in [6.45, 7) is 3.99. The Bertz CT molecular complexity index is 707. The average molecular weight is 297 g/mol. The molecule has 3 nitrogen and oxygen atoms in total. The number of para-hydroxylation sites is 1. The topological polar surface area (TPSA) is 32.4 Å². The first-order valence-corrected chi connectivity index (χ1v) is 7.96. The molecule has 1 aliphatic rings. The Labute approximate surface area is 128 Å². The van der Waals surface area contributed by atoms with Crippen molar-refractivity contribution in [2.24, 2.45) is 4.99 Å². The number of hydrogen-bond acceptors (Lipinski definition) is 3. The Morgan fingerprint density at radius 2 is 1.86 bits per heavy atom. The third-order valence-electron chi connectivity index (χ3n) is 3.63. The fraction of sp³-hybridized carbons (Fsp3) is 0.235. The molecule has 106 valence electrons. The maximum absolute atomic E-state index is 12.3. The van der Waals surface area contributed by atoms with Crippen LogP contribution in [0.5, 0.6) is 0 Å².